The summed E-state index contributed by atoms with van der Waals surface area (Å²) in [5, 5.41) is 0.664. The zero-order valence-electron chi connectivity index (χ0n) is 14.6. The van der Waals surface area contributed by atoms with E-state index in [2.05, 4.69) is 15.9 Å². The third kappa shape index (κ3) is 4.93. The van der Waals surface area contributed by atoms with E-state index in [4.69, 9.17) is 28.6 Å². The molecule has 0 spiro atoms. The van der Waals surface area contributed by atoms with Gasteiger partial charge in [0.1, 0.15) is 16.7 Å². The highest BCUT2D eigenvalue weighted by Crippen LogP contribution is 2.35. The van der Waals surface area contributed by atoms with Gasteiger partial charge in [-0.2, -0.15) is 0 Å². The number of carbonyl (C=O) groups is 1. The van der Waals surface area contributed by atoms with Gasteiger partial charge in [0.2, 0.25) is 0 Å². The number of thiocarbonyl (C=S) groups is 1. The molecule has 3 nitrogen and oxygen atoms in total. The standard InChI is InChI=1S/C20H17BrClNO2S2/c1-2-9-23-19(24)18(27-20(23)26)11-14-10-15(21)7-8-17(14)25-12-13-5-3-4-6-16(13)22/h3-8,10-11H,2,9,12H2,1H3/b18-11+. The van der Waals surface area contributed by atoms with Crippen LogP contribution in [0.5, 0.6) is 5.75 Å². The van der Waals surface area contributed by atoms with Gasteiger partial charge in [-0.25, -0.2) is 0 Å². The number of amides is 1. The second-order valence-corrected chi connectivity index (χ2v) is 8.89. The third-order valence-electron chi connectivity index (χ3n) is 3.92. The number of ether oxygens (including phenoxy) is 1. The van der Waals surface area contributed by atoms with Crippen LogP contribution in [0.15, 0.2) is 51.8 Å². The Balaban J connectivity index is 1.85. The molecule has 1 aliphatic rings. The van der Waals surface area contributed by atoms with Crippen molar-refractivity contribution in [1.82, 2.24) is 4.90 Å². The number of hydrogen-bond donors (Lipinski definition) is 0. The molecule has 140 valence electrons. The van der Waals surface area contributed by atoms with Crippen molar-refractivity contribution in [3.63, 3.8) is 0 Å². The molecule has 0 atom stereocenters. The van der Waals surface area contributed by atoms with Crippen LogP contribution in [-0.4, -0.2) is 21.7 Å². The molecule has 0 N–H and O–H groups in total. The zero-order valence-corrected chi connectivity index (χ0v) is 18.6. The van der Waals surface area contributed by atoms with E-state index in [1.165, 1.54) is 11.8 Å². The van der Waals surface area contributed by atoms with Gasteiger partial charge in [-0.1, -0.05) is 76.6 Å². The van der Waals surface area contributed by atoms with Crippen molar-refractivity contribution in [2.75, 3.05) is 6.54 Å². The Bertz CT molecular complexity index is 917. The van der Waals surface area contributed by atoms with Gasteiger partial charge in [0.25, 0.3) is 5.91 Å². The Kier molecular flexibility index (Phi) is 6.98. The molecule has 1 aliphatic heterocycles. The first-order chi connectivity index (χ1) is 13.0. The van der Waals surface area contributed by atoms with Crippen LogP contribution >= 0.6 is 51.5 Å². The van der Waals surface area contributed by atoms with E-state index in [0.717, 1.165) is 22.0 Å². The lowest BCUT2D eigenvalue weighted by Crippen LogP contribution is -2.28. The van der Waals surface area contributed by atoms with Crippen molar-refractivity contribution >= 4 is 67.8 Å². The first-order valence-corrected chi connectivity index (χ1v) is 10.8. The summed E-state index contributed by atoms with van der Waals surface area (Å²) in [5.74, 6) is 0.628. The summed E-state index contributed by atoms with van der Waals surface area (Å²) in [6.07, 6.45) is 2.70. The van der Waals surface area contributed by atoms with Gasteiger partial charge in [-0.15, -0.1) is 0 Å². The average molecular weight is 483 g/mol. The third-order valence-corrected chi connectivity index (χ3v) is 6.16. The van der Waals surface area contributed by atoms with Crippen molar-refractivity contribution < 1.29 is 9.53 Å². The largest absolute Gasteiger partial charge is 0.488 e. The van der Waals surface area contributed by atoms with Crippen LogP contribution in [0.3, 0.4) is 0 Å². The number of nitrogens with zero attached hydrogens (tertiary/aromatic N) is 1. The van der Waals surface area contributed by atoms with Crippen molar-refractivity contribution in [3.8, 4) is 5.75 Å². The quantitative estimate of drug-likeness (QED) is 0.357. The molecular formula is C20H17BrClNO2S2. The summed E-state index contributed by atoms with van der Waals surface area (Å²) < 4.78 is 7.49. The topological polar surface area (TPSA) is 29.5 Å². The molecule has 0 radical (unpaired) electrons. The predicted molar refractivity (Wildman–Crippen MR) is 120 cm³/mol. The van der Waals surface area contributed by atoms with Crippen LogP contribution in [0, 0.1) is 0 Å². The Labute approximate surface area is 181 Å². The maximum atomic E-state index is 12.6. The van der Waals surface area contributed by atoms with E-state index in [-0.39, 0.29) is 5.91 Å². The maximum Gasteiger partial charge on any atom is 0.266 e. The van der Waals surface area contributed by atoms with Crippen molar-refractivity contribution in [1.29, 1.82) is 0 Å². The molecule has 27 heavy (non-hydrogen) atoms. The van der Waals surface area contributed by atoms with Crippen molar-refractivity contribution in [2.45, 2.75) is 20.0 Å². The lowest BCUT2D eigenvalue weighted by molar-refractivity contribution is -0.122. The fourth-order valence-corrected chi connectivity index (χ4v) is 4.46. The van der Waals surface area contributed by atoms with E-state index < -0.39 is 0 Å². The first kappa shape index (κ1) is 20.4. The molecule has 1 heterocycles. The molecule has 2 aromatic rings. The Morgan fingerprint density at radius 3 is 2.81 bits per heavy atom. The molecule has 2 aromatic carbocycles. The maximum absolute atomic E-state index is 12.6. The molecule has 0 aliphatic carbocycles. The zero-order chi connectivity index (χ0) is 19.4. The number of benzene rings is 2. The predicted octanol–water partition coefficient (Wildman–Crippen LogP) is 6.29. The summed E-state index contributed by atoms with van der Waals surface area (Å²) in [5.41, 5.74) is 1.72. The molecule has 3 rings (SSSR count). The lowest BCUT2D eigenvalue weighted by Gasteiger charge is -2.12. The van der Waals surface area contributed by atoms with Gasteiger partial charge in [-0.05, 0) is 36.8 Å². The molecule has 0 aromatic heterocycles. The van der Waals surface area contributed by atoms with E-state index in [0.29, 0.717) is 33.1 Å². The fourth-order valence-electron chi connectivity index (χ4n) is 2.59. The number of rotatable bonds is 6. The first-order valence-electron chi connectivity index (χ1n) is 8.40. The lowest BCUT2D eigenvalue weighted by atomic mass is 10.1. The van der Waals surface area contributed by atoms with Crippen LogP contribution in [0.1, 0.15) is 24.5 Å². The summed E-state index contributed by atoms with van der Waals surface area (Å²) in [7, 11) is 0. The monoisotopic (exact) mass is 481 g/mol. The Morgan fingerprint density at radius 2 is 2.07 bits per heavy atom. The Morgan fingerprint density at radius 1 is 1.30 bits per heavy atom. The van der Waals surface area contributed by atoms with Crippen LogP contribution in [-0.2, 0) is 11.4 Å². The van der Waals surface area contributed by atoms with E-state index in [1.807, 2.05) is 55.5 Å². The molecule has 0 bridgehead atoms. The smallest absolute Gasteiger partial charge is 0.266 e. The highest BCUT2D eigenvalue weighted by molar-refractivity contribution is 9.10. The molecule has 0 saturated carbocycles. The van der Waals surface area contributed by atoms with Gasteiger partial charge in [0.15, 0.2) is 0 Å². The van der Waals surface area contributed by atoms with Crippen molar-refractivity contribution in [3.05, 3.63) is 68.0 Å². The summed E-state index contributed by atoms with van der Waals surface area (Å²) in [6.45, 7) is 3.01. The van der Waals surface area contributed by atoms with Crippen LogP contribution in [0.4, 0.5) is 0 Å². The van der Waals surface area contributed by atoms with Crippen molar-refractivity contribution in [2.24, 2.45) is 0 Å². The van der Waals surface area contributed by atoms with E-state index >= 15 is 0 Å². The van der Waals surface area contributed by atoms with Crippen LogP contribution < -0.4 is 4.74 Å². The average Bonchev–Trinajstić information content (AvgIpc) is 2.90. The highest BCUT2D eigenvalue weighted by Gasteiger charge is 2.31. The second kappa shape index (κ2) is 9.24. The molecular weight excluding hydrogens is 466 g/mol. The SMILES string of the molecule is CCCN1C(=O)/C(=C\c2cc(Br)ccc2OCc2ccccc2Cl)SC1=S. The summed E-state index contributed by atoms with van der Waals surface area (Å²) in [6, 6.07) is 13.3. The van der Waals surface area contributed by atoms with Gasteiger partial charge in [0, 0.05) is 27.2 Å². The van der Waals surface area contributed by atoms with Gasteiger partial charge in [-0.3, -0.25) is 9.69 Å². The van der Waals surface area contributed by atoms with E-state index in [9.17, 15) is 4.79 Å². The minimum Gasteiger partial charge on any atom is -0.488 e. The highest BCUT2D eigenvalue weighted by atomic mass is 79.9. The normalized spacial score (nSPS) is 15.7. The minimum absolute atomic E-state index is 0.0520. The van der Waals surface area contributed by atoms with Gasteiger partial charge < -0.3 is 4.74 Å². The molecule has 0 unspecified atom stereocenters. The molecule has 7 heteroatoms. The second-order valence-electron chi connectivity index (χ2n) is 5.90. The summed E-state index contributed by atoms with van der Waals surface area (Å²) in [4.78, 5) is 14.9. The fraction of sp³-hybridized carbons (Fsp3) is 0.200. The number of carbonyl (C=O) groups excluding carboxylic acids is 1. The van der Waals surface area contributed by atoms with E-state index in [1.54, 1.807) is 4.90 Å². The number of hydrogen-bond acceptors (Lipinski definition) is 4. The Hall–Kier alpha value is -1.34. The molecule has 1 fully saturated rings. The number of halogens is 2. The molecule has 1 saturated heterocycles. The van der Waals surface area contributed by atoms with Gasteiger partial charge in [0.05, 0.1) is 4.91 Å². The number of thioether (sulfide) groups is 1. The van der Waals surface area contributed by atoms with Crippen LogP contribution in [0.25, 0.3) is 6.08 Å². The summed E-state index contributed by atoms with van der Waals surface area (Å²) >= 11 is 16.4. The van der Waals surface area contributed by atoms with Gasteiger partial charge >= 0.3 is 0 Å². The molecule has 1 amide bonds. The van der Waals surface area contributed by atoms with Crippen LogP contribution in [0.2, 0.25) is 5.02 Å². The minimum atomic E-state index is -0.0520.